The van der Waals surface area contributed by atoms with Crippen LogP contribution in [0.15, 0.2) is 6.20 Å². The highest BCUT2D eigenvalue weighted by Gasteiger charge is 2.10. The van der Waals surface area contributed by atoms with E-state index in [4.69, 9.17) is 0 Å². The Morgan fingerprint density at radius 3 is 2.53 bits per heavy atom. The van der Waals surface area contributed by atoms with E-state index in [0.717, 1.165) is 24.7 Å². The fourth-order valence-electron chi connectivity index (χ4n) is 2.01. The maximum absolute atomic E-state index is 4.54. The largest absolute Gasteiger partial charge is 0.352 e. The zero-order valence-corrected chi connectivity index (χ0v) is 12.0. The minimum atomic E-state index is 0.401. The maximum Gasteiger partial charge on any atom is 0.203 e. The highest BCUT2D eigenvalue weighted by molar-refractivity contribution is 5.30. The van der Waals surface area contributed by atoms with E-state index in [-0.39, 0.29) is 0 Å². The molecule has 98 valence electrons. The first-order valence-electron chi connectivity index (χ1n) is 6.33. The van der Waals surface area contributed by atoms with Gasteiger partial charge in [-0.15, -0.1) is 0 Å². The third-order valence-electron chi connectivity index (χ3n) is 2.47. The maximum atomic E-state index is 4.54. The van der Waals surface area contributed by atoms with Gasteiger partial charge < -0.3 is 14.8 Å². The Morgan fingerprint density at radius 1 is 1.35 bits per heavy atom. The fraction of sp³-hybridized carbons (Fsp3) is 0.769. The summed E-state index contributed by atoms with van der Waals surface area (Å²) >= 11 is 0. The molecular formula is C13H26N4. The molecule has 0 saturated heterocycles. The molecule has 1 aromatic heterocycles. The molecule has 1 rings (SSSR count). The lowest BCUT2D eigenvalue weighted by Gasteiger charge is -2.20. The number of aromatic nitrogens is 2. The first-order chi connectivity index (χ1) is 7.88. The minimum Gasteiger partial charge on any atom is -0.352 e. The molecule has 4 nitrogen and oxygen atoms in total. The highest BCUT2D eigenvalue weighted by atomic mass is 15.2. The van der Waals surface area contributed by atoms with Crippen molar-refractivity contribution in [1.82, 2.24) is 14.5 Å². The molecule has 1 aromatic rings. The molecule has 0 aliphatic carbocycles. The number of hydrogen-bond donors (Lipinski definition) is 1. The van der Waals surface area contributed by atoms with E-state index < -0.39 is 0 Å². The molecule has 1 atom stereocenters. The second-order valence-electron chi connectivity index (χ2n) is 5.56. The average molecular weight is 238 g/mol. The second kappa shape index (κ2) is 6.05. The number of likely N-dealkylation sites (N-methyl/N-ethyl adjacent to an activating group) is 1. The van der Waals surface area contributed by atoms with E-state index in [2.05, 4.69) is 60.8 Å². The van der Waals surface area contributed by atoms with Crippen LogP contribution in [0, 0.1) is 12.8 Å². The van der Waals surface area contributed by atoms with Gasteiger partial charge in [0, 0.05) is 25.3 Å². The molecule has 0 fully saturated rings. The Hall–Kier alpha value is -1.03. The smallest absolute Gasteiger partial charge is 0.203 e. The van der Waals surface area contributed by atoms with Crippen molar-refractivity contribution in [2.24, 2.45) is 5.92 Å². The molecule has 17 heavy (non-hydrogen) atoms. The van der Waals surface area contributed by atoms with Crippen LogP contribution in [0.25, 0.3) is 0 Å². The zero-order valence-electron chi connectivity index (χ0n) is 12.0. The van der Waals surface area contributed by atoms with Gasteiger partial charge in [-0.1, -0.05) is 13.8 Å². The molecule has 0 bridgehead atoms. The number of rotatable bonds is 6. The Morgan fingerprint density at radius 2 is 2.00 bits per heavy atom. The topological polar surface area (TPSA) is 33.1 Å². The third-order valence-corrected chi connectivity index (χ3v) is 2.47. The predicted octanol–water partition coefficient (Wildman–Crippen LogP) is 2.21. The van der Waals surface area contributed by atoms with E-state index in [9.17, 15) is 0 Å². The zero-order chi connectivity index (χ0) is 13.0. The van der Waals surface area contributed by atoms with Gasteiger partial charge in [-0.05, 0) is 33.9 Å². The Labute approximate surface area is 105 Å². The average Bonchev–Trinajstić information content (AvgIpc) is 2.43. The van der Waals surface area contributed by atoms with Crippen LogP contribution in [0.5, 0.6) is 0 Å². The van der Waals surface area contributed by atoms with E-state index in [1.54, 1.807) is 0 Å². The van der Waals surface area contributed by atoms with Crippen molar-refractivity contribution in [2.75, 3.05) is 26.0 Å². The first kappa shape index (κ1) is 14.0. The van der Waals surface area contributed by atoms with Crippen molar-refractivity contribution < 1.29 is 0 Å². The second-order valence-corrected chi connectivity index (χ2v) is 5.56. The van der Waals surface area contributed by atoms with Crippen LogP contribution in [0.1, 0.15) is 26.5 Å². The fourth-order valence-corrected chi connectivity index (χ4v) is 2.01. The number of aryl methyl sites for hydroxylation is 1. The highest BCUT2D eigenvalue weighted by Crippen LogP contribution is 2.12. The number of hydrogen-bond acceptors (Lipinski definition) is 3. The van der Waals surface area contributed by atoms with Crippen molar-refractivity contribution >= 4 is 5.95 Å². The molecule has 1 unspecified atom stereocenters. The van der Waals surface area contributed by atoms with Crippen LogP contribution in [-0.4, -0.2) is 41.1 Å². The molecule has 0 aliphatic rings. The molecule has 0 saturated carbocycles. The molecule has 0 radical (unpaired) electrons. The summed E-state index contributed by atoms with van der Waals surface area (Å²) in [5.74, 6) is 1.62. The number of nitrogens with zero attached hydrogens (tertiary/aromatic N) is 3. The molecule has 4 heteroatoms. The van der Waals surface area contributed by atoms with Gasteiger partial charge in [0.1, 0.15) is 0 Å². The van der Waals surface area contributed by atoms with E-state index in [1.165, 1.54) is 0 Å². The van der Waals surface area contributed by atoms with Crippen LogP contribution >= 0.6 is 0 Å². The number of imidazole rings is 1. The van der Waals surface area contributed by atoms with E-state index >= 15 is 0 Å². The summed E-state index contributed by atoms with van der Waals surface area (Å²) in [6, 6.07) is 0.401. The normalized spacial score (nSPS) is 13.4. The van der Waals surface area contributed by atoms with Crippen LogP contribution < -0.4 is 5.32 Å². The summed E-state index contributed by atoms with van der Waals surface area (Å²) in [6.45, 7) is 10.7. The summed E-state index contributed by atoms with van der Waals surface area (Å²) in [5.41, 5.74) is 1.07. The molecule has 0 aromatic carbocycles. The monoisotopic (exact) mass is 238 g/mol. The van der Waals surface area contributed by atoms with E-state index in [0.29, 0.717) is 12.0 Å². The number of nitrogens with one attached hydrogen (secondary N) is 1. The van der Waals surface area contributed by atoms with Crippen molar-refractivity contribution in [3.8, 4) is 0 Å². The SMILES string of the molecule is Cc1cn(CC(C)C)c(NC(C)CN(C)C)n1. The quantitative estimate of drug-likeness (QED) is 0.825. The van der Waals surface area contributed by atoms with Crippen molar-refractivity contribution in [3.05, 3.63) is 11.9 Å². The van der Waals surface area contributed by atoms with Gasteiger partial charge in [0.25, 0.3) is 0 Å². The molecule has 0 spiro atoms. The lowest BCUT2D eigenvalue weighted by Crippen LogP contribution is -2.30. The van der Waals surface area contributed by atoms with Gasteiger partial charge in [0.15, 0.2) is 0 Å². The molecule has 1 heterocycles. The Balaban J connectivity index is 2.69. The molecule has 0 aliphatic heterocycles. The summed E-state index contributed by atoms with van der Waals surface area (Å²) in [5, 5.41) is 3.48. The van der Waals surface area contributed by atoms with Gasteiger partial charge >= 0.3 is 0 Å². The van der Waals surface area contributed by atoms with Crippen molar-refractivity contribution in [1.29, 1.82) is 0 Å². The van der Waals surface area contributed by atoms with Crippen LogP contribution in [0.2, 0.25) is 0 Å². The minimum absolute atomic E-state index is 0.401. The van der Waals surface area contributed by atoms with E-state index in [1.807, 2.05) is 6.92 Å². The molecule has 0 amide bonds. The van der Waals surface area contributed by atoms with Gasteiger partial charge in [0.2, 0.25) is 5.95 Å². The van der Waals surface area contributed by atoms with Crippen LogP contribution in [0.3, 0.4) is 0 Å². The lowest BCUT2D eigenvalue weighted by molar-refractivity contribution is 0.390. The first-order valence-corrected chi connectivity index (χ1v) is 6.33. The Bertz CT molecular complexity index is 341. The standard InChI is InChI=1S/C13H26N4/c1-10(2)7-17-9-12(4)15-13(17)14-11(3)8-16(5)6/h9-11H,7-8H2,1-6H3,(H,14,15). The third kappa shape index (κ3) is 4.77. The van der Waals surface area contributed by atoms with Crippen molar-refractivity contribution in [2.45, 2.75) is 40.3 Å². The summed E-state index contributed by atoms with van der Waals surface area (Å²) in [7, 11) is 4.17. The van der Waals surface area contributed by atoms with Crippen molar-refractivity contribution in [3.63, 3.8) is 0 Å². The van der Waals surface area contributed by atoms with Gasteiger partial charge in [-0.3, -0.25) is 0 Å². The summed E-state index contributed by atoms with van der Waals surface area (Å²) < 4.78 is 2.21. The van der Waals surface area contributed by atoms with Gasteiger partial charge in [0.05, 0.1) is 5.69 Å². The summed E-state index contributed by atoms with van der Waals surface area (Å²) in [4.78, 5) is 6.73. The predicted molar refractivity (Wildman–Crippen MR) is 73.4 cm³/mol. The molecule has 1 N–H and O–H groups in total. The van der Waals surface area contributed by atoms with Gasteiger partial charge in [-0.2, -0.15) is 0 Å². The van der Waals surface area contributed by atoms with Crippen LogP contribution in [0.4, 0.5) is 5.95 Å². The lowest BCUT2D eigenvalue weighted by atomic mass is 10.2. The number of anilines is 1. The van der Waals surface area contributed by atoms with Crippen LogP contribution in [-0.2, 0) is 6.54 Å². The van der Waals surface area contributed by atoms with Gasteiger partial charge in [-0.25, -0.2) is 4.98 Å². The molecular weight excluding hydrogens is 212 g/mol. The Kier molecular flexibility index (Phi) is 5.00. The summed E-state index contributed by atoms with van der Waals surface area (Å²) in [6.07, 6.45) is 2.12.